The number of hydrogen-bond donors (Lipinski definition) is 0. The molecule has 0 unspecified atom stereocenters. The molecule has 3 heterocycles. The van der Waals surface area contributed by atoms with Crippen LogP contribution in [-0.4, -0.2) is 53.0 Å². The highest BCUT2D eigenvalue weighted by Gasteiger charge is 2.18. The molecule has 23 heavy (non-hydrogen) atoms. The average Bonchev–Trinajstić information content (AvgIpc) is 2.58. The van der Waals surface area contributed by atoms with Crippen molar-refractivity contribution in [3.8, 4) is 5.75 Å². The summed E-state index contributed by atoms with van der Waals surface area (Å²) in [5.41, 5.74) is 1.82. The second-order valence-electron chi connectivity index (χ2n) is 5.63. The van der Waals surface area contributed by atoms with E-state index in [4.69, 9.17) is 4.74 Å². The van der Waals surface area contributed by atoms with E-state index in [1.807, 2.05) is 12.1 Å². The number of pyridine rings is 1. The van der Waals surface area contributed by atoms with Crippen molar-refractivity contribution in [1.82, 2.24) is 19.7 Å². The summed E-state index contributed by atoms with van der Waals surface area (Å²) < 4.78 is 6.58. The number of nitrogens with zero attached hydrogens (tertiary/aromatic N) is 5. The molecule has 3 rings (SSSR count). The van der Waals surface area contributed by atoms with Gasteiger partial charge in [0.2, 0.25) is 0 Å². The number of anilines is 1. The van der Waals surface area contributed by atoms with Crippen LogP contribution in [-0.2, 0) is 13.6 Å². The van der Waals surface area contributed by atoms with Crippen LogP contribution < -0.4 is 15.2 Å². The third kappa shape index (κ3) is 3.68. The molecule has 0 N–H and O–H groups in total. The smallest absolute Gasteiger partial charge is 0.268 e. The molecule has 0 aromatic carbocycles. The van der Waals surface area contributed by atoms with Crippen LogP contribution in [0.25, 0.3) is 0 Å². The van der Waals surface area contributed by atoms with Gasteiger partial charge in [0.25, 0.3) is 5.56 Å². The number of methoxy groups -OCH3 is 1. The molecule has 1 saturated heterocycles. The molecule has 7 nitrogen and oxygen atoms in total. The van der Waals surface area contributed by atoms with E-state index in [0.29, 0.717) is 0 Å². The summed E-state index contributed by atoms with van der Waals surface area (Å²) >= 11 is 0. The first kappa shape index (κ1) is 15.5. The lowest BCUT2D eigenvalue weighted by Crippen LogP contribution is -2.46. The Morgan fingerprint density at radius 2 is 2.00 bits per heavy atom. The number of aromatic nitrogens is 3. The van der Waals surface area contributed by atoms with Crippen molar-refractivity contribution in [2.24, 2.45) is 7.05 Å². The monoisotopic (exact) mass is 315 g/mol. The number of rotatable bonds is 4. The Hall–Kier alpha value is -2.41. The molecule has 7 heteroatoms. The van der Waals surface area contributed by atoms with Crippen molar-refractivity contribution in [3.63, 3.8) is 0 Å². The summed E-state index contributed by atoms with van der Waals surface area (Å²) in [4.78, 5) is 20.6. The summed E-state index contributed by atoms with van der Waals surface area (Å²) in [6.07, 6.45) is 3.52. The van der Waals surface area contributed by atoms with Crippen molar-refractivity contribution < 1.29 is 4.74 Å². The number of aryl methyl sites for hydroxylation is 1. The Kier molecular flexibility index (Phi) is 4.57. The first-order chi connectivity index (χ1) is 11.2. The van der Waals surface area contributed by atoms with Gasteiger partial charge in [-0.1, -0.05) is 0 Å². The lowest BCUT2D eigenvalue weighted by molar-refractivity contribution is 0.246. The van der Waals surface area contributed by atoms with Gasteiger partial charge >= 0.3 is 0 Å². The minimum absolute atomic E-state index is 0.0782. The summed E-state index contributed by atoms with van der Waals surface area (Å²) in [6.45, 7) is 4.40. The fraction of sp³-hybridized carbons (Fsp3) is 0.438. The van der Waals surface area contributed by atoms with Crippen LogP contribution in [0.5, 0.6) is 5.75 Å². The van der Waals surface area contributed by atoms with Gasteiger partial charge in [0, 0.05) is 58.1 Å². The highest BCUT2D eigenvalue weighted by Crippen LogP contribution is 2.16. The normalized spacial score (nSPS) is 15.7. The SMILES string of the molecule is COc1ccnc(CN2CCN(c3cnn(C)c(=O)c3)CC2)c1. The fourth-order valence-electron chi connectivity index (χ4n) is 2.70. The van der Waals surface area contributed by atoms with Crippen LogP contribution in [0.15, 0.2) is 35.4 Å². The standard InChI is InChI=1S/C16H21N5O2/c1-19-16(22)10-14(11-18-19)21-7-5-20(6-8-21)12-13-9-15(23-2)3-4-17-13/h3-4,9-11H,5-8,12H2,1-2H3. The highest BCUT2D eigenvalue weighted by molar-refractivity contribution is 5.43. The van der Waals surface area contributed by atoms with E-state index in [-0.39, 0.29) is 5.56 Å². The predicted octanol–water partition coefficient (Wildman–Crippen LogP) is 0.506. The summed E-state index contributed by atoms with van der Waals surface area (Å²) in [6, 6.07) is 5.47. The van der Waals surface area contributed by atoms with Crippen LogP contribution in [0.1, 0.15) is 5.69 Å². The largest absolute Gasteiger partial charge is 0.497 e. The quantitative estimate of drug-likeness (QED) is 0.819. The van der Waals surface area contributed by atoms with E-state index in [1.54, 1.807) is 32.6 Å². The maximum absolute atomic E-state index is 11.7. The maximum atomic E-state index is 11.7. The molecule has 0 bridgehead atoms. The molecule has 2 aromatic rings. The average molecular weight is 315 g/mol. The van der Waals surface area contributed by atoms with E-state index < -0.39 is 0 Å². The topological polar surface area (TPSA) is 63.5 Å². The predicted molar refractivity (Wildman–Crippen MR) is 87.8 cm³/mol. The van der Waals surface area contributed by atoms with Crippen molar-refractivity contribution in [2.45, 2.75) is 6.54 Å². The lowest BCUT2D eigenvalue weighted by atomic mass is 10.2. The van der Waals surface area contributed by atoms with Gasteiger partial charge < -0.3 is 9.64 Å². The van der Waals surface area contributed by atoms with E-state index in [9.17, 15) is 4.79 Å². The Morgan fingerprint density at radius 3 is 2.70 bits per heavy atom. The molecule has 0 radical (unpaired) electrons. The van der Waals surface area contributed by atoms with Gasteiger partial charge in [0.15, 0.2) is 0 Å². The lowest BCUT2D eigenvalue weighted by Gasteiger charge is -2.35. The minimum Gasteiger partial charge on any atom is -0.497 e. The molecule has 122 valence electrons. The molecule has 1 aliphatic heterocycles. The maximum Gasteiger partial charge on any atom is 0.268 e. The third-order valence-electron chi connectivity index (χ3n) is 4.10. The Balaban J connectivity index is 1.59. The van der Waals surface area contributed by atoms with Crippen LogP contribution in [0.2, 0.25) is 0 Å². The van der Waals surface area contributed by atoms with Gasteiger partial charge in [-0.3, -0.25) is 14.7 Å². The number of hydrogen-bond acceptors (Lipinski definition) is 6. The van der Waals surface area contributed by atoms with Crippen LogP contribution in [0, 0.1) is 0 Å². The van der Waals surface area contributed by atoms with Crippen molar-refractivity contribution in [3.05, 3.63) is 46.6 Å². The Labute approximate surface area is 135 Å². The van der Waals surface area contributed by atoms with Crippen LogP contribution >= 0.6 is 0 Å². The molecule has 2 aromatic heterocycles. The van der Waals surface area contributed by atoms with Gasteiger partial charge in [-0.25, -0.2) is 4.68 Å². The van der Waals surface area contributed by atoms with Crippen molar-refractivity contribution in [1.29, 1.82) is 0 Å². The van der Waals surface area contributed by atoms with E-state index in [1.165, 1.54) is 4.68 Å². The molecule has 0 amide bonds. The van der Waals surface area contributed by atoms with Crippen molar-refractivity contribution >= 4 is 5.69 Å². The summed E-state index contributed by atoms with van der Waals surface area (Å²) in [5, 5.41) is 4.08. The second kappa shape index (κ2) is 6.78. The molecule has 1 fully saturated rings. The molecule has 0 saturated carbocycles. The first-order valence-electron chi connectivity index (χ1n) is 7.65. The van der Waals surface area contributed by atoms with Crippen LogP contribution in [0.4, 0.5) is 5.69 Å². The molecule has 0 atom stereocenters. The molecule has 0 spiro atoms. The first-order valence-corrected chi connectivity index (χ1v) is 7.65. The minimum atomic E-state index is -0.0782. The molecule has 1 aliphatic rings. The highest BCUT2D eigenvalue weighted by atomic mass is 16.5. The Bertz CT molecular complexity index is 722. The number of piperazine rings is 1. The van der Waals surface area contributed by atoms with Gasteiger partial charge in [-0.15, -0.1) is 0 Å². The van der Waals surface area contributed by atoms with Crippen molar-refractivity contribution in [2.75, 3.05) is 38.2 Å². The Morgan fingerprint density at radius 1 is 1.22 bits per heavy atom. The van der Waals surface area contributed by atoms with E-state index in [0.717, 1.165) is 49.9 Å². The second-order valence-corrected chi connectivity index (χ2v) is 5.63. The molecule has 0 aliphatic carbocycles. The van der Waals surface area contributed by atoms with Gasteiger partial charge in [-0.05, 0) is 6.07 Å². The van der Waals surface area contributed by atoms with Gasteiger partial charge in [0.1, 0.15) is 5.75 Å². The van der Waals surface area contributed by atoms with E-state index >= 15 is 0 Å². The van der Waals surface area contributed by atoms with E-state index in [2.05, 4.69) is 19.9 Å². The third-order valence-corrected chi connectivity index (χ3v) is 4.10. The van der Waals surface area contributed by atoms with Gasteiger partial charge in [-0.2, -0.15) is 5.10 Å². The summed E-state index contributed by atoms with van der Waals surface area (Å²) in [7, 11) is 3.32. The molecular weight excluding hydrogens is 294 g/mol. The fourth-order valence-corrected chi connectivity index (χ4v) is 2.70. The number of ether oxygens (including phenoxy) is 1. The zero-order valence-electron chi connectivity index (χ0n) is 13.5. The zero-order valence-corrected chi connectivity index (χ0v) is 13.5. The van der Waals surface area contributed by atoms with Gasteiger partial charge in [0.05, 0.1) is 24.7 Å². The summed E-state index contributed by atoms with van der Waals surface area (Å²) in [5.74, 6) is 0.833. The molecular formula is C16H21N5O2. The van der Waals surface area contributed by atoms with Crippen LogP contribution in [0.3, 0.4) is 0 Å². The zero-order chi connectivity index (χ0) is 16.2.